The maximum absolute atomic E-state index is 6.17. The van der Waals surface area contributed by atoms with Crippen LogP contribution >= 0.6 is 11.6 Å². The summed E-state index contributed by atoms with van der Waals surface area (Å²) >= 11 is 6.17. The van der Waals surface area contributed by atoms with E-state index in [1.54, 1.807) is 0 Å². The zero-order valence-electron chi connectivity index (χ0n) is 16.3. The third kappa shape index (κ3) is 3.96. The number of pyridine rings is 1. The summed E-state index contributed by atoms with van der Waals surface area (Å²) in [7, 11) is 0. The van der Waals surface area contributed by atoms with Gasteiger partial charge in [-0.05, 0) is 74.8 Å². The van der Waals surface area contributed by atoms with Gasteiger partial charge < -0.3 is 9.88 Å². The minimum atomic E-state index is 0.516. The number of halogens is 1. The molecule has 0 aliphatic heterocycles. The average Bonchev–Trinajstić information content (AvgIpc) is 2.95. The Labute approximate surface area is 166 Å². The number of aromatic nitrogens is 3. The summed E-state index contributed by atoms with van der Waals surface area (Å²) in [6, 6.07) is 11.2. The topological polar surface area (TPSA) is 42.7 Å². The Morgan fingerprint density at radius 3 is 2.48 bits per heavy atom. The number of nitrogens with zero attached hydrogens (tertiary/aromatic N) is 3. The van der Waals surface area contributed by atoms with E-state index in [0.717, 1.165) is 35.0 Å². The van der Waals surface area contributed by atoms with Crippen molar-refractivity contribution in [3.8, 4) is 0 Å². The Balaban J connectivity index is 1.50. The summed E-state index contributed by atoms with van der Waals surface area (Å²) in [6.45, 7) is 7.15. The molecule has 2 aromatic heterocycles. The van der Waals surface area contributed by atoms with Crippen LogP contribution in [0.3, 0.4) is 0 Å². The van der Waals surface area contributed by atoms with Crippen molar-refractivity contribution in [1.29, 1.82) is 0 Å². The number of benzene rings is 1. The van der Waals surface area contributed by atoms with Gasteiger partial charge in [-0.1, -0.05) is 30.7 Å². The predicted molar refractivity (Wildman–Crippen MR) is 113 cm³/mol. The summed E-state index contributed by atoms with van der Waals surface area (Å²) in [5.41, 5.74) is 5.30. The molecule has 0 unspecified atom stereocenters. The molecule has 2 heterocycles. The lowest BCUT2D eigenvalue weighted by atomic mass is 9.87. The van der Waals surface area contributed by atoms with Crippen molar-refractivity contribution in [3.63, 3.8) is 0 Å². The summed E-state index contributed by atoms with van der Waals surface area (Å²) in [5, 5.41) is 4.21. The van der Waals surface area contributed by atoms with Crippen LogP contribution in [0.25, 0.3) is 11.2 Å². The normalized spacial score (nSPS) is 20.1. The second kappa shape index (κ2) is 7.51. The number of aryl methyl sites for hydroxylation is 2. The fourth-order valence-electron chi connectivity index (χ4n) is 4.03. The molecular formula is C22H27ClN4. The van der Waals surface area contributed by atoms with Crippen LogP contribution in [-0.4, -0.2) is 20.6 Å². The molecule has 0 amide bonds. The van der Waals surface area contributed by atoms with E-state index in [0.29, 0.717) is 11.2 Å². The molecule has 1 N–H and O–H groups in total. The fraction of sp³-hybridized carbons (Fsp3) is 0.455. The van der Waals surface area contributed by atoms with Gasteiger partial charge in [-0.15, -0.1) is 0 Å². The van der Waals surface area contributed by atoms with E-state index < -0.39 is 0 Å². The first-order valence-electron chi connectivity index (χ1n) is 9.85. The summed E-state index contributed by atoms with van der Waals surface area (Å²) in [5.74, 6) is 1.84. The first-order chi connectivity index (χ1) is 13.0. The van der Waals surface area contributed by atoms with Crippen molar-refractivity contribution >= 4 is 28.5 Å². The minimum absolute atomic E-state index is 0.516. The number of rotatable bonds is 4. The maximum Gasteiger partial charge on any atom is 0.162 e. The lowest BCUT2D eigenvalue weighted by Gasteiger charge is -2.27. The lowest BCUT2D eigenvalue weighted by molar-refractivity contribution is 0.361. The van der Waals surface area contributed by atoms with Crippen LogP contribution in [0.1, 0.15) is 49.6 Å². The molecule has 1 aliphatic rings. The van der Waals surface area contributed by atoms with Crippen LogP contribution in [0.4, 0.5) is 5.69 Å². The van der Waals surface area contributed by atoms with Crippen molar-refractivity contribution in [1.82, 2.24) is 14.5 Å². The van der Waals surface area contributed by atoms with E-state index in [9.17, 15) is 0 Å². The Bertz CT molecular complexity index is 937. The first kappa shape index (κ1) is 18.3. The molecule has 3 aromatic rings. The Morgan fingerprint density at radius 1 is 1.07 bits per heavy atom. The van der Waals surface area contributed by atoms with Crippen molar-refractivity contribution in [2.45, 2.75) is 59.0 Å². The fourth-order valence-corrected chi connectivity index (χ4v) is 4.27. The molecule has 0 bridgehead atoms. The number of imidazole rings is 1. The molecule has 5 heteroatoms. The second-order valence-electron chi connectivity index (χ2n) is 7.98. The van der Waals surface area contributed by atoms with Gasteiger partial charge in [0.25, 0.3) is 0 Å². The molecule has 1 saturated carbocycles. The summed E-state index contributed by atoms with van der Waals surface area (Å²) in [4.78, 5) is 9.19. The number of hydrogen-bond donors (Lipinski definition) is 1. The Morgan fingerprint density at radius 2 is 1.78 bits per heavy atom. The quantitative estimate of drug-likeness (QED) is 0.585. The van der Waals surface area contributed by atoms with Crippen LogP contribution in [0.15, 0.2) is 30.3 Å². The molecule has 142 valence electrons. The largest absolute Gasteiger partial charge is 0.382 e. The molecule has 0 radical (unpaired) electrons. The Kier molecular flexibility index (Phi) is 5.09. The van der Waals surface area contributed by atoms with Crippen molar-refractivity contribution < 1.29 is 0 Å². The first-order valence-corrected chi connectivity index (χ1v) is 10.2. The lowest BCUT2D eigenvalue weighted by Crippen LogP contribution is -2.25. The van der Waals surface area contributed by atoms with E-state index in [1.807, 2.05) is 19.9 Å². The zero-order valence-corrected chi connectivity index (χ0v) is 17.1. The highest BCUT2D eigenvalue weighted by Crippen LogP contribution is 2.26. The number of nitrogens with one attached hydrogen (secondary N) is 1. The molecule has 4 rings (SSSR count). The van der Waals surface area contributed by atoms with Crippen LogP contribution < -0.4 is 5.32 Å². The number of anilines is 1. The number of fused-ring (bicyclic) bond motifs is 1. The van der Waals surface area contributed by atoms with Gasteiger partial charge in [0.05, 0.1) is 6.54 Å². The molecule has 4 nitrogen and oxygen atoms in total. The SMILES string of the molecule is Cc1cc(Cl)nc2c1nc(C)n2Cc1ccc(NC2CCC(C)CC2)cc1. The molecular weight excluding hydrogens is 356 g/mol. The van der Waals surface area contributed by atoms with Crippen LogP contribution in [0.5, 0.6) is 0 Å². The summed E-state index contributed by atoms with van der Waals surface area (Å²) in [6.07, 6.45) is 5.21. The molecule has 1 fully saturated rings. The highest BCUT2D eigenvalue weighted by molar-refractivity contribution is 6.29. The maximum atomic E-state index is 6.17. The molecule has 1 aromatic carbocycles. The van der Waals surface area contributed by atoms with Crippen molar-refractivity contribution in [3.05, 3.63) is 52.4 Å². The number of hydrogen-bond acceptors (Lipinski definition) is 3. The van der Waals surface area contributed by atoms with Gasteiger partial charge in [0, 0.05) is 11.7 Å². The van der Waals surface area contributed by atoms with E-state index in [1.165, 1.54) is 36.9 Å². The van der Waals surface area contributed by atoms with Crippen LogP contribution in [0.2, 0.25) is 5.15 Å². The smallest absolute Gasteiger partial charge is 0.162 e. The second-order valence-corrected chi connectivity index (χ2v) is 8.36. The van der Waals surface area contributed by atoms with E-state index in [2.05, 4.69) is 51.0 Å². The van der Waals surface area contributed by atoms with Crippen molar-refractivity contribution in [2.75, 3.05) is 5.32 Å². The molecule has 0 saturated heterocycles. The van der Waals surface area contributed by atoms with Crippen molar-refractivity contribution in [2.24, 2.45) is 5.92 Å². The Hall–Kier alpha value is -2.07. The van der Waals surface area contributed by atoms with Gasteiger partial charge in [0.2, 0.25) is 0 Å². The molecule has 0 spiro atoms. The molecule has 1 aliphatic carbocycles. The summed E-state index contributed by atoms with van der Waals surface area (Å²) < 4.78 is 2.14. The standard InChI is InChI=1S/C22H27ClN4/c1-14-4-8-18(9-5-14)25-19-10-6-17(7-11-19)13-27-16(3)24-21-15(2)12-20(23)26-22(21)27/h6-7,10-12,14,18,25H,4-5,8-9,13H2,1-3H3. The van der Waals surface area contributed by atoms with Crippen LogP contribution in [-0.2, 0) is 6.54 Å². The predicted octanol–water partition coefficient (Wildman–Crippen LogP) is 5.74. The highest BCUT2D eigenvalue weighted by Gasteiger charge is 2.18. The van der Waals surface area contributed by atoms with E-state index in [4.69, 9.17) is 11.6 Å². The molecule has 0 atom stereocenters. The zero-order chi connectivity index (χ0) is 19.0. The third-order valence-corrected chi connectivity index (χ3v) is 5.93. The van der Waals surface area contributed by atoms with Gasteiger partial charge in [-0.3, -0.25) is 0 Å². The van der Waals surface area contributed by atoms with Gasteiger partial charge in [-0.2, -0.15) is 0 Å². The van der Waals surface area contributed by atoms with Gasteiger partial charge in [0.15, 0.2) is 5.65 Å². The van der Waals surface area contributed by atoms with Crippen LogP contribution in [0, 0.1) is 19.8 Å². The average molecular weight is 383 g/mol. The monoisotopic (exact) mass is 382 g/mol. The highest BCUT2D eigenvalue weighted by atomic mass is 35.5. The van der Waals surface area contributed by atoms with Gasteiger partial charge in [0.1, 0.15) is 16.5 Å². The van der Waals surface area contributed by atoms with Gasteiger partial charge in [-0.25, -0.2) is 9.97 Å². The third-order valence-electron chi connectivity index (χ3n) is 5.73. The minimum Gasteiger partial charge on any atom is -0.382 e. The van der Waals surface area contributed by atoms with E-state index >= 15 is 0 Å². The van der Waals surface area contributed by atoms with Gasteiger partial charge >= 0.3 is 0 Å². The van der Waals surface area contributed by atoms with E-state index in [-0.39, 0.29) is 0 Å². The molecule has 27 heavy (non-hydrogen) atoms.